The third kappa shape index (κ3) is 7.68. The van der Waals surface area contributed by atoms with Crippen molar-refractivity contribution in [1.82, 2.24) is 4.90 Å². The summed E-state index contributed by atoms with van der Waals surface area (Å²) >= 11 is 0. The number of rotatable bonds is 10. The van der Waals surface area contributed by atoms with Crippen molar-refractivity contribution in [1.29, 1.82) is 0 Å². The second kappa shape index (κ2) is 11.9. The minimum absolute atomic E-state index is 0. The highest BCUT2D eigenvalue weighted by Gasteiger charge is 2.13. The Morgan fingerprint density at radius 2 is 1.74 bits per heavy atom. The number of hydrogen-bond donors (Lipinski definition) is 2. The summed E-state index contributed by atoms with van der Waals surface area (Å²) < 4.78 is 5.57. The van der Waals surface area contributed by atoms with E-state index in [-0.39, 0.29) is 31.3 Å². The lowest BCUT2D eigenvalue weighted by molar-refractivity contribution is -0.131. The number of nitrogens with zero attached hydrogens (tertiary/aromatic N) is 1. The normalized spacial score (nSPS) is 9.96. The van der Waals surface area contributed by atoms with E-state index in [1.165, 1.54) is 5.56 Å². The van der Waals surface area contributed by atoms with Crippen molar-refractivity contribution in [3.8, 4) is 5.75 Å². The van der Waals surface area contributed by atoms with Gasteiger partial charge in [-0.3, -0.25) is 9.59 Å². The molecule has 0 fully saturated rings. The summed E-state index contributed by atoms with van der Waals surface area (Å²) in [5.41, 5.74) is 12.4. The smallest absolute Gasteiger partial charge is 0.248 e. The Kier molecular flexibility index (Phi) is 9.93. The van der Waals surface area contributed by atoms with Crippen LogP contribution in [-0.4, -0.2) is 43.0 Å². The van der Waals surface area contributed by atoms with E-state index >= 15 is 0 Å². The van der Waals surface area contributed by atoms with Crippen LogP contribution in [0.4, 0.5) is 0 Å². The molecule has 0 aromatic heterocycles. The Hall–Kier alpha value is -2.57. The van der Waals surface area contributed by atoms with Crippen molar-refractivity contribution in [2.75, 3.05) is 26.2 Å². The molecule has 0 unspecified atom stereocenters. The van der Waals surface area contributed by atoms with Crippen molar-refractivity contribution in [3.63, 3.8) is 0 Å². The Morgan fingerprint density at radius 1 is 1.00 bits per heavy atom. The topological polar surface area (TPSA) is 98.7 Å². The fourth-order valence-corrected chi connectivity index (χ4v) is 2.58. The van der Waals surface area contributed by atoms with Crippen LogP contribution in [0.25, 0.3) is 0 Å². The zero-order chi connectivity index (χ0) is 18.8. The Labute approximate surface area is 165 Å². The molecular weight excluding hydrogens is 366 g/mol. The molecule has 0 aliphatic heterocycles. The molecule has 0 aliphatic carbocycles. The lowest BCUT2D eigenvalue weighted by Crippen LogP contribution is -2.37. The van der Waals surface area contributed by atoms with Gasteiger partial charge >= 0.3 is 0 Å². The van der Waals surface area contributed by atoms with Gasteiger partial charge in [0.25, 0.3) is 0 Å². The van der Waals surface area contributed by atoms with Gasteiger partial charge in [-0.05, 0) is 30.2 Å². The summed E-state index contributed by atoms with van der Waals surface area (Å²) in [7, 11) is 0. The van der Waals surface area contributed by atoms with Gasteiger partial charge in [-0.25, -0.2) is 0 Å². The number of nitrogens with two attached hydrogens (primary N) is 2. The molecule has 0 saturated heterocycles. The molecule has 2 aromatic rings. The standard InChI is InChI=1S/C20H25N3O3.ClH/c21-11-13-23(12-9-16-5-2-1-3-6-16)19(24)10-14-26-18-8-4-7-17(15-18)20(22)25;/h1-8,15H,9-14,21H2,(H2,22,25);1H. The van der Waals surface area contributed by atoms with Crippen molar-refractivity contribution in [2.45, 2.75) is 12.8 Å². The summed E-state index contributed by atoms with van der Waals surface area (Å²) in [4.78, 5) is 25.4. The summed E-state index contributed by atoms with van der Waals surface area (Å²) in [6.45, 7) is 1.79. The lowest BCUT2D eigenvalue weighted by Gasteiger charge is -2.22. The molecule has 27 heavy (non-hydrogen) atoms. The SMILES string of the molecule is Cl.NCCN(CCc1ccccc1)C(=O)CCOc1cccc(C(N)=O)c1. The quantitative estimate of drug-likeness (QED) is 0.647. The summed E-state index contributed by atoms with van der Waals surface area (Å²) in [5, 5.41) is 0. The van der Waals surface area contributed by atoms with E-state index in [9.17, 15) is 9.59 Å². The van der Waals surface area contributed by atoms with Gasteiger partial charge in [-0.2, -0.15) is 0 Å². The zero-order valence-electron chi connectivity index (χ0n) is 15.2. The van der Waals surface area contributed by atoms with Gasteiger partial charge in [0.15, 0.2) is 0 Å². The summed E-state index contributed by atoms with van der Waals surface area (Å²) in [5.74, 6) is 0.00255. The molecule has 0 bridgehead atoms. The number of benzene rings is 2. The second-order valence-corrected chi connectivity index (χ2v) is 5.90. The molecule has 4 N–H and O–H groups in total. The van der Waals surface area contributed by atoms with Crippen LogP contribution in [0.2, 0.25) is 0 Å². The van der Waals surface area contributed by atoms with Crippen molar-refractivity contribution in [2.24, 2.45) is 11.5 Å². The Morgan fingerprint density at radius 3 is 2.41 bits per heavy atom. The van der Waals surface area contributed by atoms with Crippen LogP contribution in [0.1, 0.15) is 22.3 Å². The van der Waals surface area contributed by atoms with Crippen LogP contribution in [0.15, 0.2) is 54.6 Å². The maximum absolute atomic E-state index is 12.4. The van der Waals surface area contributed by atoms with E-state index in [1.54, 1.807) is 29.2 Å². The maximum atomic E-state index is 12.4. The third-order valence-corrected chi connectivity index (χ3v) is 3.97. The molecule has 0 atom stereocenters. The van der Waals surface area contributed by atoms with Crippen LogP contribution in [0.5, 0.6) is 5.75 Å². The van der Waals surface area contributed by atoms with Gasteiger partial charge in [-0.15, -0.1) is 12.4 Å². The number of ether oxygens (including phenoxy) is 1. The first-order chi connectivity index (χ1) is 12.6. The van der Waals surface area contributed by atoms with Crippen LogP contribution in [0.3, 0.4) is 0 Å². The van der Waals surface area contributed by atoms with Crippen LogP contribution >= 0.6 is 12.4 Å². The van der Waals surface area contributed by atoms with Crippen molar-refractivity contribution in [3.05, 3.63) is 65.7 Å². The molecule has 6 nitrogen and oxygen atoms in total. The molecule has 146 valence electrons. The summed E-state index contributed by atoms with van der Waals surface area (Å²) in [6.07, 6.45) is 1.03. The number of carbonyl (C=O) groups is 2. The van der Waals surface area contributed by atoms with Gasteiger partial charge in [0.05, 0.1) is 13.0 Å². The Balaban J connectivity index is 0.00000364. The fourth-order valence-electron chi connectivity index (χ4n) is 2.58. The number of hydrogen-bond acceptors (Lipinski definition) is 4. The first kappa shape index (κ1) is 22.5. The van der Waals surface area contributed by atoms with E-state index < -0.39 is 5.91 Å². The van der Waals surface area contributed by atoms with Crippen molar-refractivity contribution < 1.29 is 14.3 Å². The first-order valence-corrected chi connectivity index (χ1v) is 8.64. The second-order valence-electron chi connectivity index (χ2n) is 5.90. The number of amides is 2. The van der Waals surface area contributed by atoms with Crippen LogP contribution in [-0.2, 0) is 11.2 Å². The van der Waals surface area contributed by atoms with E-state index in [1.807, 2.05) is 30.3 Å². The molecule has 0 saturated carbocycles. The highest BCUT2D eigenvalue weighted by Crippen LogP contribution is 2.13. The van der Waals surface area contributed by atoms with Crippen molar-refractivity contribution >= 4 is 24.2 Å². The molecule has 7 heteroatoms. The summed E-state index contributed by atoms with van der Waals surface area (Å²) in [6, 6.07) is 16.6. The lowest BCUT2D eigenvalue weighted by atomic mass is 10.1. The van der Waals surface area contributed by atoms with Crippen LogP contribution in [0, 0.1) is 0 Å². The number of halogens is 1. The fraction of sp³-hybridized carbons (Fsp3) is 0.300. The van der Waals surface area contributed by atoms with E-state index in [0.717, 1.165) is 6.42 Å². The number of primary amides is 1. The molecular formula is C20H26ClN3O3. The van der Waals surface area contributed by atoms with E-state index in [4.69, 9.17) is 16.2 Å². The monoisotopic (exact) mass is 391 g/mol. The number of carbonyl (C=O) groups excluding carboxylic acids is 2. The van der Waals surface area contributed by atoms with Gasteiger partial charge in [-0.1, -0.05) is 36.4 Å². The predicted molar refractivity (Wildman–Crippen MR) is 108 cm³/mol. The third-order valence-electron chi connectivity index (χ3n) is 3.97. The minimum atomic E-state index is -0.512. The largest absolute Gasteiger partial charge is 0.493 e. The molecule has 2 rings (SSSR count). The zero-order valence-corrected chi connectivity index (χ0v) is 16.0. The van der Waals surface area contributed by atoms with Gasteiger partial charge < -0.3 is 21.1 Å². The first-order valence-electron chi connectivity index (χ1n) is 8.64. The Bertz CT molecular complexity index is 725. The maximum Gasteiger partial charge on any atom is 0.248 e. The predicted octanol–water partition coefficient (Wildman–Crippen LogP) is 2.01. The average molecular weight is 392 g/mol. The highest BCUT2D eigenvalue weighted by atomic mass is 35.5. The van der Waals surface area contributed by atoms with E-state index in [0.29, 0.717) is 30.9 Å². The molecule has 2 amide bonds. The van der Waals surface area contributed by atoms with Gasteiger partial charge in [0.2, 0.25) is 11.8 Å². The highest BCUT2D eigenvalue weighted by molar-refractivity contribution is 5.93. The van der Waals surface area contributed by atoms with Crippen LogP contribution < -0.4 is 16.2 Å². The molecule has 0 heterocycles. The van der Waals surface area contributed by atoms with Gasteiger partial charge in [0, 0.05) is 25.2 Å². The van der Waals surface area contributed by atoms with Gasteiger partial charge in [0.1, 0.15) is 5.75 Å². The molecule has 0 aliphatic rings. The molecule has 0 spiro atoms. The average Bonchev–Trinajstić information content (AvgIpc) is 2.66. The minimum Gasteiger partial charge on any atom is -0.493 e. The molecule has 2 aromatic carbocycles. The van der Waals surface area contributed by atoms with E-state index in [2.05, 4.69) is 0 Å². The molecule has 0 radical (unpaired) electrons.